The molecule has 0 saturated heterocycles. The van der Waals surface area contributed by atoms with Gasteiger partial charge in [0.2, 0.25) is 0 Å². The highest BCUT2D eigenvalue weighted by Gasteiger charge is 2.62. The van der Waals surface area contributed by atoms with E-state index in [1.807, 2.05) is 12.2 Å². The van der Waals surface area contributed by atoms with Gasteiger partial charge in [0.1, 0.15) is 23.8 Å². The van der Waals surface area contributed by atoms with Crippen LogP contribution < -0.4 is 4.74 Å². The van der Waals surface area contributed by atoms with Crippen LogP contribution in [-0.2, 0) is 0 Å². The average molecular weight is 403 g/mol. The van der Waals surface area contributed by atoms with Crippen molar-refractivity contribution in [2.45, 2.75) is 44.6 Å². The highest BCUT2D eigenvalue weighted by Crippen LogP contribution is 2.64. The van der Waals surface area contributed by atoms with Gasteiger partial charge in [0.25, 0.3) is 0 Å². The second kappa shape index (κ2) is 6.46. The monoisotopic (exact) mass is 402 g/mol. The first-order chi connectivity index (χ1) is 13.4. The summed E-state index contributed by atoms with van der Waals surface area (Å²) in [5.74, 6) is 2.05. The van der Waals surface area contributed by atoms with Gasteiger partial charge in [-0.2, -0.15) is 0 Å². The summed E-state index contributed by atoms with van der Waals surface area (Å²) in [6, 6.07) is 1.39. The van der Waals surface area contributed by atoms with Crippen molar-refractivity contribution in [3.8, 4) is 5.06 Å². The summed E-state index contributed by atoms with van der Waals surface area (Å²) in [4.78, 5) is 0. The van der Waals surface area contributed by atoms with Crippen molar-refractivity contribution < 1.29 is 19.3 Å². The van der Waals surface area contributed by atoms with E-state index in [0.29, 0.717) is 34.5 Å². The lowest BCUT2D eigenvalue weighted by atomic mass is 9.52. The van der Waals surface area contributed by atoms with Crippen molar-refractivity contribution >= 4 is 11.3 Å². The van der Waals surface area contributed by atoms with Crippen LogP contribution in [0, 0.1) is 34.9 Å². The fourth-order valence-corrected chi connectivity index (χ4v) is 7.10. The minimum absolute atomic E-state index is 0.175. The number of rotatable bonds is 3. The number of hydrogen-bond donors (Lipinski definition) is 2. The minimum Gasteiger partial charge on any atom is -0.508 e. The molecule has 0 bridgehead atoms. The van der Waals surface area contributed by atoms with E-state index in [4.69, 9.17) is 4.74 Å². The molecule has 1 heterocycles. The zero-order valence-electron chi connectivity index (χ0n) is 16.1. The quantitative estimate of drug-likeness (QED) is 0.712. The van der Waals surface area contributed by atoms with Crippen molar-refractivity contribution in [1.82, 2.24) is 0 Å². The van der Waals surface area contributed by atoms with Gasteiger partial charge in [-0.1, -0.05) is 19.1 Å². The van der Waals surface area contributed by atoms with Crippen molar-refractivity contribution in [3.05, 3.63) is 52.9 Å². The average Bonchev–Trinajstić information content (AvgIpc) is 3.21. The van der Waals surface area contributed by atoms with E-state index in [1.54, 1.807) is 0 Å². The van der Waals surface area contributed by atoms with Crippen LogP contribution in [0.15, 0.2) is 47.1 Å². The summed E-state index contributed by atoms with van der Waals surface area (Å²) in [6.07, 6.45) is 13.0. The third-order valence-electron chi connectivity index (χ3n) is 8.07. The summed E-state index contributed by atoms with van der Waals surface area (Å²) in [5, 5.41) is 23.4. The van der Waals surface area contributed by atoms with Crippen LogP contribution in [-0.4, -0.2) is 22.4 Å². The third kappa shape index (κ3) is 2.70. The molecule has 1 aromatic heterocycles. The van der Waals surface area contributed by atoms with E-state index in [0.717, 1.165) is 32.1 Å². The van der Waals surface area contributed by atoms with Crippen LogP contribution in [0.1, 0.15) is 39.0 Å². The highest BCUT2D eigenvalue weighted by molar-refractivity contribution is 7.11. The normalized spacial score (nSPS) is 41.5. The molecule has 5 rings (SSSR count). The maximum absolute atomic E-state index is 13.2. The lowest BCUT2D eigenvalue weighted by Gasteiger charge is -2.54. The van der Waals surface area contributed by atoms with Gasteiger partial charge in [0, 0.05) is 22.8 Å². The molecule has 1 unspecified atom stereocenters. The van der Waals surface area contributed by atoms with Crippen molar-refractivity contribution in [3.63, 3.8) is 0 Å². The topological polar surface area (TPSA) is 49.7 Å². The van der Waals surface area contributed by atoms with Crippen molar-refractivity contribution in [1.29, 1.82) is 0 Å². The first kappa shape index (κ1) is 18.4. The molecule has 1 aromatic rings. The molecule has 2 N–H and O–H groups in total. The Balaban J connectivity index is 1.37. The number of halogens is 1. The summed E-state index contributed by atoms with van der Waals surface area (Å²) in [6.45, 7) is 2.47. The summed E-state index contributed by atoms with van der Waals surface area (Å²) in [5.41, 5.74) is 0.209. The minimum atomic E-state index is -0.867. The van der Waals surface area contributed by atoms with E-state index in [1.165, 1.54) is 28.4 Å². The van der Waals surface area contributed by atoms with E-state index >= 15 is 0 Å². The lowest BCUT2D eigenvalue weighted by Crippen LogP contribution is -2.54. The molecule has 0 aliphatic heterocycles. The van der Waals surface area contributed by atoms with Crippen molar-refractivity contribution in [2.24, 2.45) is 29.1 Å². The molecular weight excluding hydrogens is 375 g/mol. The molecule has 4 aliphatic rings. The fraction of sp³-hybridized carbons (Fsp3) is 0.565. The molecule has 3 nitrogen and oxygen atoms in total. The lowest BCUT2D eigenvalue weighted by molar-refractivity contribution is -0.129. The molecule has 0 radical (unpaired) electrons. The summed E-state index contributed by atoms with van der Waals surface area (Å²) >= 11 is 1.24. The van der Waals surface area contributed by atoms with E-state index in [-0.39, 0.29) is 17.8 Å². The number of thiophene rings is 1. The zero-order chi connectivity index (χ0) is 19.5. The number of allylic oxidation sites excluding steroid dienone is 5. The zero-order valence-corrected chi connectivity index (χ0v) is 16.9. The number of fused-ring (bicyclic) bond motifs is 5. The molecule has 28 heavy (non-hydrogen) atoms. The third-order valence-corrected chi connectivity index (χ3v) is 8.88. The first-order valence-corrected chi connectivity index (χ1v) is 11.2. The highest BCUT2D eigenvalue weighted by atomic mass is 32.1. The maximum Gasteiger partial charge on any atom is 0.176 e. The Labute approximate surface area is 169 Å². The van der Waals surface area contributed by atoms with Gasteiger partial charge < -0.3 is 14.9 Å². The van der Waals surface area contributed by atoms with Crippen LogP contribution in [0.5, 0.6) is 5.06 Å². The Morgan fingerprint density at radius 3 is 2.93 bits per heavy atom. The molecule has 6 atom stereocenters. The predicted octanol–water partition coefficient (Wildman–Crippen LogP) is 5.40. The standard InChI is InChI=1S/C23H27FO3S/c1-22-8-6-18-17-5-3-16(25)10-14(17)2-4-19(18)20(22)7-9-23(22,26)13-27-21-11-15(24)12-28-21/h2-3,5,10-12,17-20,25-26H,4,6-9,13H2,1H3/t17-,18+,19+,20-,22-,23?/m0/s1. The van der Waals surface area contributed by atoms with Gasteiger partial charge in [0.15, 0.2) is 5.06 Å². The molecule has 0 amide bonds. The molecule has 0 spiro atoms. The molecule has 150 valence electrons. The van der Waals surface area contributed by atoms with Crippen LogP contribution >= 0.6 is 11.3 Å². The molecule has 0 aromatic carbocycles. The number of aliphatic hydroxyl groups is 2. The van der Waals surface area contributed by atoms with Gasteiger partial charge in [0.05, 0.1) is 0 Å². The Bertz CT molecular complexity index is 871. The van der Waals surface area contributed by atoms with Gasteiger partial charge in [-0.25, -0.2) is 4.39 Å². The molecule has 5 heteroatoms. The predicted molar refractivity (Wildman–Crippen MR) is 108 cm³/mol. The second-order valence-corrected chi connectivity index (χ2v) is 10.1. The maximum atomic E-state index is 13.2. The van der Waals surface area contributed by atoms with Gasteiger partial charge in [-0.15, -0.1) is 11.3 Å². The molecule has 4 aliphatic carbocycles. The number of hydrogen-bond acceptors (Lipinski definition) is 4. The Morgan fingerprint density at radius 2 is 2.14 bits per heavy atom. The van der Waals surface area contributed by atoms with Gasteiger partial charge in [-0.3, -0.25) is 0 Å². The molecule has 2 saturated carbocycles. The van der Waals surface area contributed by atoms with E-state index in [9.17, 15) is 14.6 Å². The van der Waals surface area contributed by atoms with E-state index < -0.39 is 5.60 Å². The fourth-order valence-electron chi connectivity index (χ4n) is 6.50. The van der Waals surface area contributed by atoms with Gasteiger partial charge >= 0.3 is 0 Å². The number of aliphatic hydroxyl groups excluding tert-OH is 1. The largest absolute Gasteiger partial charge is 0.508 e. The SMILES string of the molecule is C[C@]12CC[C@H]3[C@@H](CC=C4C=C(O)C=C[C@@H]43)[C@@H]1CCC2(O)COc1cc(F)cs1. The molecule has 2 fully saturated rings. The van der Waals surface area contributed by atoms with Crippen LogP contribution in [0.2, 0.25) is 0 Å². The molecular formula is C23H27FO3S. The summed E-state index contributed by atoms with van der Waals surface area (Å²) in [7, 11) is 0. The van der Waals surface area contributed by atoms with Crippen LogP contribution in [0.25, 0.3) is 0 Å². The Morgan fingerprint density at radius 1 is 1.29 bits per heavy atom. The Hall–Kier alpha value is -1.59. The van der Waals surface area contributed by atoms with Gasteiger partial charge in [-0.05, 0) is 67.6 Å². The number of ether oxygens (including phenoxy) is 1. The first-order valence-electron chi connectivity index (χ1n) is 10.3. The Kier molecular flexibility index (Phi) is 4.25. The van der Waals surface area contributed by atoms with Crippen molar-refractivity contribution in [2.75, 3.05) is 6.61 Å². The van der Waals surface area contributed by atoms with Crippen LogP contribution in [0.4, 0.5) is 4.39 Å². The summed E-state index contributed by atoms with van der Waals surface area (Å²) < 4.78 is 19.1. The van der Waals surface area contributed by atoms with Crippen LogP contribution in [0.3, 0.4) is 0 Å². The van der Waals surface area contributed by atoms with E-state index in [2.05, 4.69) is 19.1 Å². The second-order valence-electron chi connectivity index (χ2n) is 9.23. The smallest absolute Gasteiger partial charge is 0.176 e.